The lowest BCUT2D eigenvalue weighted by atomic mass is 9.64. The Kier molecular flexibility index (Phi) is 7.48. The van der Waals surface area contributed by atoms with Crippen molar-refractivity contribution < 1.29 is 41.0 Å². The lowest BCUT2D eigenvalue weighted by molar-refractivity contribution is -0.143. The van der Waals surface area contributed by atoms with Crippen LogP contribution in [0.2, 0.25) is 0 Å². The summed E-state index contributed by atoms with van der Waals surface area (Å²) in [6.45, 7) is 2.41. The monoisotopic (exact) mass is 482 g/mol. The van der Waals surface area contributed by atoms with E-state index in [0.29, 0.717) is 31.3 Å². The number of rotatable bonds is 10. The zero-order valence-electron chi connectivity index (χ0n) is 18.1. The molecule has 2 aliphatic rings. The van der Waals surface area contributed by atoms with E-state index in [0.717, 1.165) is 0 Å². The van der Waals surface area contributed by atoms with E-state index in [1.807, 2.05) is 6.92 Å². The highest BCUT2D eigenvalue weighted by Gasteiger charge is 2.48. The average molecular weight is 482 g/mol. The number of likely N-dealkylation sites (tertiary alicyclic amines) is 1. The molecule has 186 valence electrons. The van der Waals surface area contributed by atoms with E-state index in [1.165, 1.54) is 0 Å². The van der Waals surface area contributed by atoms with Crippen LogP contribution in [0.5, 0.6) is 0 Å². The lowest BCUT2D eigenvalue weighted by Gasteiger charge is -2.51. The molecule has 1 aromatic rings. The number of alkyl halides is 5. The second-order valence-electron chi connectivity index (χ2n) is 9.41. The van der Waals surface area contributed by atoms with E-state index < -0.39 is 53.1 Å². The third-order valence-corrected chi connectivity index (χ3v) is 6.73. The van der Waals surface area contributed by atoms with E-state index in [2.05, 4.69) is 0 Å². The predicted molar refractivity (Wildman–Crippen MR) is 107 cm³/mol. The van der Waals surface area contributed by atoms with Gasteiger partial charge < -0.3 is 20.4 Å². The number of hydrogen-bond donors (Lipinski definition) is 2. The summed E-state index contributed by atoms with van der Waals surface area (Å²) in [6.07, 6.45) is -4.77. The van der Waals surface area contributed by atoms with Gasteiger partial charge in [-0.25, -0.2) is 13.2 Å². The molecule has 11 heteroatoms. The minimum atomic E-state index is -5.06. The summed E-state index contributed by atoms with van der Waals surface area (Å²) in [4.78, 5) is 12.0. The van der Waals surface area contributed by atoms with E-state index in [1.54, 1.807) is 4.90 Å². The van der Waals surface area contributed by atoms with Crippen molar-refractivity contribution >= 4 is 6.29 Å². The van der Waals surface area contributed by atoms with Gasteiger partial charge >= 0.3 is 6.18 Å². The number of benzene rings is 1. The smallest absolute Gasteiger partial charge is 0.378 e. The molecule has 1 aromatic carbocycles. The lowest BCUT2D eigenvalue weighted by Crippen LogP contribution is -2.61. The number of halogens is 6. The summed E-state index contributed by atoms with van der Waals surface area (Å²) < 4.78 is 86.3. The van der Waals surface area contributed by atoms with Crippen molar-refractivity contribution in [1.29, 1.82) is 0 Å². The molecule has 1 saturated carbocycles. The van der Waals surface area contributed by atoms with E-state index in [-0.39, 0.29) is 44.2 Å². The van der Waals surface area contributed by atoms with Crippen molar-refractivity contribution in [2.45, 2.75) is 50.1 Å². The van der Waals surface area contributed by atoms with Gasteiger partial charge in [-0.05, 0) is 42.7 Å². The van der Waals surface area contributed by atoms with Crippen LogP contribution in [0.4, 0.5) is 26.3 Å². The molecule has 0 aromatic heterocycles. The molecule has 1 aliphatic carbocycles. The van der Waals surface area contributed by atoms with Crippen LogP contribution in [0.15, 0.2) is 18.2 Å². The van der Waals surface area contributed by atoms with Gasteiger partial charge in [-0.3, -0.25) is 4.90 Å². The molecule has 0 radical (unpaired) electrons. The van der Waals surface area contributed by atoms with Crippen LogP contribution in [0, 0.1) is 23.6 Å². The Morgan fingerprint density at radius 2 is 1.91 bits per heavy atom. The largest absolute Gasteiger partial charge is 0.419 e. The van der Waals surface area contributed by atoms with E-state index in [4.69, 9.17) is 10.5 Å². The molecular weight excluding hydrogens is 454 g/mol. The number of aliphatic hydroxyl groups is 1. The molecule has 3 rings (SSSR count). The Balaban J connectivity index is 1.50. The Morgan fingerprint density at radius 1 is 1.27 bits per heavy atom. The first-order valence-corrected chi connectivity index (χ1v) is 10.7. The molecule has 1 saturated heterocycles. The van der Waals surface area contributed by atoms with Gasteiger partial charge in [0.1, 0.15) is 24.9 Å². The fraction of sp³-hybridized carbons (Fsp3) is 0.682. The van der Waals surface area contributed by atoms with Gasteiger partial charge in [-0.15, -0.1) is 0 Å². The number of ether oxygens (including phenoxy) is 1. The summed E-state index contributed by atoms with van der Waals surface area (Å²) in [5.74, 6) is -5.73. The van der Waals surface area contributed by atoms with Crippen LogP contribution < -0.4 is 5.73 Å². The zero-order chi connectivity index (χ0) is 24.6. The molecule has 2 atom stereocenters. The molecule has 0 bridgehead atoms. The van der Waals surface area contributed by atoms with Crippen molar-refractivity contribution in [2.24, 2.45) is 23.5 Å². The van der Waals surface area contributed by atoms with Gasteiger partial charge in [0, 0.05) is 30.6 Å². The van der Waals surface area contributed by atoms with Crippen LogP contribution >= 0.6 is 0 Å². The standard InChI is InChI=1S/C22H28F6N2O3/c1-13(15-8-20(29,9-15)12-33-5-4-31)19(32)30-10-14(11-30)7-21(24,25)16-2-3-18(23)17(6-16)22(26,27)28/h2-4,6,13-15,19,32H,5,7-12,29H2,1H3/t13-,15?,19?,20?/m1/s1. The highest BCUT2D eigenvalue weighted by atomic mass is 19.4. The first kappa shape index (κ1) is 25.9. The second-order valence-corrected chi connectivity index (χ2v) is 9.41. The normalized spacial score (nSPS) is 26.4. The maximum absolute atomic E-state index is 14.6. The number of nitrogens with zero attached hydrogens (tertiary/aromatic N) is 1. The topological polar surface area (TPSA) is 75.8 Å². The Bertz CT molecular complexity index is 838. The van der Waals surface area contributed by atoms with Crippen molar-refractivity contribution in [3.8, 4) is 0 Å². The SMILES string of the molecule is C[C@H](C1CC(N)(COCC=O)C1)C(O)N1CC(CC(F)(F)c2ccc(F)c(C(F)(F)F)c2)C1. The number of aldehydes is 1. The molecule has 2 fully saturated rings. The summed E-state index contributed by atoms with van der Waals surface area (Å²) in [7, 11) is 0. The van der Waals surface area contributed by atoms with Crippen molar-refractivity contribution in [3.05, 3.63) is 35.1 Å². The molecule has 0 spiro atoms. The average Bonchev–Trinajstić information content (AvgIpc) is 2.66. The van der Waals surface area contributed by atoms with Gasteiger partial charge in [-0.2, -0.15) is 13.2 Å². The van der Waals surface area contributed by atoms with Crippen LogP contribution in [-0.4, -0.2) is 54.4 Å². The van der Waals surface area contributed by atoms with Crippen molar-refractivity contribution in [1.82, 2.24) is 4.90 Å². The van der Waals surface area contributed by atoms with E-state index >= 15 is 0 Å². The van der Waals surface area contributed by atoms with Gasteiger partial charge in [0.25, 0.3) is 5.92 Å². The number of carbonyl (C=O) groups excluding carboxylic acids is 1. The highest BCUT2D eigenvalue weighted by molar-refractivity contribution is 5.50. The third-order valence-electron chi connectivity index (χ3n) is 6.73. The minimum absolute atomic E-state index is 0.0307. The Labute approximate surface area is 187 Å². The molecule has 1 heterocycles. The number of aliphatic hydroxyl groups excluding tert-OH is 1. The predicted octanol–water partition coefficient (Wildman–Crippen LogP) is 3.54. The van der Waals surface area contributed by atoms with Gasteiger partial charge in [-0.1, -0.05) is 13.0 Å². The second kappa shape index (κ2) is 9.52. The van der Waals surface area contributed by atoms with Crippen molar-refractivity contribution in [3.63, 3.8) is 0 Å². The van der Waals surface area contributed by atoms with Gasteiger partial charge in [0.05, 0.1) is 12.2 Å². The molecule has 33 heavy (non-hydrogen) atoms. The maximum Gasteiger partial charge on any atom is 0.419 e. The summed E-state index contributed by atoms with van der Waals surface area (Å²) >= 11 is 0. The van der Waals surface area contributed by atoms with Crippen molar-refractivity contribution in [2.75, 3.05) is 26.3 Å². The molecule has 1 aliphatic heterocycles. The van der Waals surface area contributed by atoms with Gasteiger partial charge in [0.15, 0.2) is 0 Å². The van der Waals surface area contributed by atoms with Crippen LogP contribution in [0.25, 0.3) is 0 Å². The molecular formula is C22H28F6N2O3. The molecule has 5 nitrogen and oxygen atoms in total. The third kappa shape index (κ3) is 5.87. The first-order chi connectivity index (χ1) is 15.3. The van der Waals surface area contributed by atoms with E-state index in [9.17, 15) is 36.2 Å². The highest BCUT2D eigenvalue weighted by Crippen LogP contribution is 2.44. The fourth-order valence-electron chi connectivity index (χ4n) is 4.77. The minimum Gasteiger partial charge on any atom is -0.378 e. The summed E-state index contributed by atoms with van der Waals surface area (Å²) in [5, 5.41) is 10.6. The van der Waals surface area contributed by atoms with Crippen LogP contribution in [-0.2, 0) is 21.6 Å². The number of hydrogen-bond acceptors (Lipinski definition) is 5. The Hall–Kier alpha value is -1.69. The fourth-order valence-corrected chi connectivity index (χ4v) is 4.77. The van der Waals surface area contributed by atoms with Gasteiger partial charge in [0.2, 0.25) is 0 Å². The Morgan fingerprint density at radius 3 is 2.48 bits per heavy atom. The summed E-state index contributed by atoms with van der Waals surface area (Å²) in [6, 6.07) is 1.24. The maximum atomic E-state index is 14.6. The number of nitrogens with two attached hydrogens (primary N) is 1. The molecule has 1 unspecified atom stereocenters. The van der Waals surface area contributed by atoms with Crippen LogP contribution in [0.1, 0.15) is 37.3 Å². The first-order valence-electron chi connectivity index (χ1n) is 10.7. The molecule has 0 amide bonds. The zero-order valence-corrected chi connectivity index (χ0v) is 18.1. The summed E-state index contributed by atoms with van der Waals surface area (Å²) in [5.41, 5.74) is 3.03. The molecule has 3 N–H and O–H groups in total. The number of carbonyl (C=O) groups is 1. The van der Waals surface area contributed by atoms with Crippen LogP contribution in [0.3, 0.4) is 0 Å². The quantitative estimate of drug-likeness (QED) is 0.303.